The summed E-state index contributed by atoms with van der Waals surface area (Å²) in [5.74, 6) is 0.883. The molecule has 4 heteroatoms. The Morgan fingerprint density at radius 1 is 1.47 bits per heavy atom. The van der Waals surface area contributed by atoms with Crippen molar-refractivity contribution >= 4 is 6.47 Å². The van der Waals surface area contributed by atoms with Gasteiger partial charge in [-0.3, -0.25) is 4.79 Å². The topological polar surface area (TPSA) is 44.8 Å². The molecule has 0 aromatic heterocycles. The van der Waals surface area contributed by atoms with E-state index in [4.69, 9.17) is 9.47 Å². The number of carbonyl (C=O) groups is 1. The zero-order valence-electron chi connectivity index (χ0n) is 8.85. The minimum Gasteiger partial charge on any atom is -0.492 e. The molecular formula is C11H16O4. The number of rotatable bonds is 7. The number of ether oxygens (including phenoxy) is 3. The standard InChI is InChI=1S/C11H16O4/c1-10(15-9-12)13-7-8-14-11-5-3-2-4-6-11/h3,5-6,9-10H,2,4,7-8H2,1H3. The van der Waals surface area contributed by atoms with Crippen LogP contribution in [0.1, 0.15) is 19.8 Å². The van der Waals surface area contributed by atoms with E-state index in [0.29, 0.717) is 19.7 Å². The quantitative estimate of drug-likeness (QED) is 0.366. The first-order chi connectivity index (χ1) is 7.33. The average Bonchev–Trinajstić information content (AvgIpc) is 2.26. The molecule has 0 amide bonds. The Bertz CT molecular complexity index is 245. The van der Waals surface area contributed by atoms with Gasteiger partial charge in [0.25, 0.3) is 6.47 Å². The van der Waals surface area contributed by atoms with E-state index in [9.17, 15) is 4.79 Å². The largest absolute Gasteiger partial charge is 0.492 e. The Hall–Kier alpha value is -1.29. The van der Waals surface area contributed by atoms with Gasteiger partial charge in [0.05, 0.1) is 6.61 Å². The van der Waals surface area contributed by atoms with E-state index in [1.807, 2.05) is 12.2 Å². The number of allylic oxidation sites excluding steroid dienone is 3. The van der Waals surface area contributed by atoms with Crippen molar-refractivity contribution in [3.05, 3.63) is 24.0 Å². The lowest BCUT2D eigenvalue weighted by molar-refractivity contribution is -0.161. The predicted molar refractivity (Wildman–Crippen MR) is 55.0 cm³/mol. The fraction of sp³-hybridized carbons (Fsp3) is 0.545. The molecule has 0 saturated heterocycles. The Morgan fingerprint density at radius 3 is 3.00 bits per heavy atom. The monoisotopic (exact) mass is 212 g/mol. The molecule has 0 aromatic carbocycles. The molecule has 0 aliphatic heterocycles. The van der Waals surface area contributed by atoms with E-state index in [-0.39, 0.29) is 0 Å². The second kappa shape index (κ2) is 7.06. The highest BCUT2D eigenvalue weighted by Gasteiger charge is 2.01. The minimum atomic E-state index is -0.512. The third kappa shape index (κ3) is 5.22. The van der Waals surface area contributed by atoms with Gasteiger partial charge in [0, 0.05) is 0 Å². The van der Waals surface area contributed by atoms with Gasteiger partial charge in [-0.2, -0.15) is 0 Å². The van der Waals surface area contributed by atoms with Gasteiger partial charge in [0.15, 0.2) is 6.29 Å². The Balaban J connectivity index is 2.03. The average molecular weight is 212 g/mol. The van der Waals surface area contributed by atoms with Gasteiger partial charge >= 0.3 is 0 Å². The van der Waals surface area contributed by atoms with Crippen LogP contribution in [0.2, 0.25) is 0 Å². The predicted octanol–water partition coefficient (Wildman–Crippen LogP) is 1.77. The van der Waals surface area contributed by atoms with Crippen LogP contribution in [0.25, 0.3) is 0 Å². The van der Waals surface area contributed by atoms with Gasteiger partial charge in [-0.25, -0.2) is 0 Å². The van der Waals surface area contributed by atoms with E-state index in [1.54, 1.807) is 6.92 Å². The summed E-state index contributed by atoms with van der Waals surface area (Å²) >= 11 is 0. The number of hydrogen-bond acceptors (Lipinski definition) is 4. The number of hydrogen-bond donors (Lipinski definition) is 0. The maximum Gasteiger partial charge on any atom is 0.295 e. The van der Waals surface area contributed by atoms with E-state index in [1.165, 1.54) is 0 Å². The Kier molecular flexibility index (Phi) is 5.55. The molecular weight excluding hydrogens is 196 g/mol. The van der Waals surface area contributed by atoms with Gasteiger partial charge in [-0.15, -0.1) is 0 Å². The normalized spacial score (nSPS) is 16.7. The molecule has 4 nitrogen and oxygen atoms in total. The molecule has 0 aromatic rings. The molecule has 0 saturated carbocycles. The SMILES string of the molecule is CC(OC=O)OCCOC1=CCCC=C1. The number of carbonyl (C=O) groups excluding carboxylic acids is 1. The molecule has 1 unspecified atom stereocenters. The molecule has 1 aliphatic carbocycles. The summed E-state index contributed by atoms with van der Waals surface area (Å²) in [6, 6.07) is 0. The highest BCUT2D eigenvalue weighted by molar-refractivity contribution is 5.37. The third-order valence-corrected chi connectivity index (χ3v) is 1.91. The van der Waals surface area contributed by atoms with Crippen molar-refractivity contribution in [3.8, 4) is 0 Å². The second-order valence-corrected chi connectivity index (χ2v) is 3.11. The van der Waals surface area contributed by atoms with Gasteiger partial charge in [0.1, 0.15) is 12.4 Å². The van der Waals surface area contributed by atoms with Crippen LogP contribution in [0.15, 0.2) is 24.0 Å². The van der Waals surface area contributed by atoms with Crippen molar-refractivity contribution in [2.24, 2.45) is 0 Å². The summed E-state index contributed by atoms with van der Waals surface area (Å²) in [6.45, 7) is 2.90. The fourth-order valence-electron chi connectivity index (χ4n) is 1.19. The van der Waals surface area contributed by atoms with Crippen LogP contribution < -0.4 is 0 Å². The summed E-state index contributed by atoms with van der Waals surface area (Å²) in [6.07, 6.45) is 7.67. The lowest BCUT2D eigenvalue weighted by Gasteiger charge is -2.12. The summed E-state index contributed by atoms with van der Waals surface area (Å²) < 4.78 is 15.1. The van der Waals surface area contributed by atoms with Crippen LogP contribution in [-0.2, 0) is 19.0 Å². The lowest BCUT2D eigenvalue weighted by Crippen LogP contribution is -2.15. The van der Waals surface area contributed by atoms with Crippen LogP contribution in [0.4, 0.5) is 0 Å². The van der Waals surface area contributed by atoms with Gasteiger partial charge in [-0.1, -0.05) is 6.08 Å². The second-order valence-electron chi connectivity index (χ2n) is 3.11. The molecule has 0 N–H and O–H groups in total. The van der Waals surface area contributed by atoms with Crippen molar-refractivity contribution in [2.75, 3.05) is 13.2 Å². The van der Waals surface area contributed by atoms with Crippen LogP contribution >= 0.6 is 0 Å². The van der Waals surface area contributed by atoms with Gasteiger partial charge < -0.3 is 14.2 Å². The highest BCUT2D eigenvalue weighted by atomic mass is 16.7. The Morgan fingerprint density at radius 2 is 2.33 bits per heavy atom. The van der Waals surface area contributed by atoms with Crippen LogP contribution in [0.5, 0.6) is 0 Å². The van der Waals surface area contributed by atoms with E-state index in [2.05, 4.69) is 10.8 Å². The van der Waals surface area contributed by atoms with Crippen molar-refractivity contribution < 1.29 is 19.0 Å². The molecule has 0 spiro atoms. The lowest BCUT2D eigenvalue weighted by atomic mass is 10.2. The first-order valence-electron chi connectivity index (χ1n) is 5.03. The van der Waals surface area contributed by atoms with E-state index < -0.39 is 6.29 Å². The third-order valence-electron chi connectivity index (χ3n) is 1.91. The van der Waals surface area contributed by atoms with Crippen molar-refractivity contribution in [1.29, 1.82) is 0 Å². The van der Waals surface area contributed by atoms with Crippen molar-refractivity contribution in [3.63, 3.8) is 0 Å². The van der Waals surface area contributed by atoms with Gasteiger partial charge in [0.2, 0.25) is 0 Å². The van der Waals surface area contributed by atoms with Crippen LogP contribution in [0.3, 0.4) is 0 Å². The van der Waals surface area contributed by atoms with Crippen molar-refractivity contribution in [2.45, 2.75) is 26.1 Å². The first kappa shape index (κ1) is 11.8. The maximum atomic E-state index is 9.94. The van der Waals surface area contributed by atoms with Crippen LogP contribution in [0, 0.1) is 0 Å². The van der Waals surface area contributed by atoms with Gasteiger partial charge in [-0.05, 0) is 31.9 Å². The zero-order valence-corrected chi connectivity index (χ0v) is 8.85. The molecule has 1 aliphatic rings. The molecule has 84 valence electrons. The van der Waals surface area contributed by atoms with Crippen molar-refractivity contribution in [1.82, 2.24) is 0 Å². The molecule has 15 heavy (non-hydrogen) atoms. The maximum absolute atomic E-state index is 9.94. The molecule has 1 atom stereocenters. The summed E-state index contributed by atoms with van der Waals surface area (Å²) in [5.41, 5.74) is 0. The van der Waals surface area contributed by atoms with Crippen LogP contribution in [-0.4, -0.2) is 26.0 Å². The molecule has 0 bridgehead atoms. The summed E-state index contributed by atoms with van der Waals surface area (Å²) in [7, 11) is 0. The first-order valence-corrected chi connectivity index (χ1v) is 5.03. The fourth-order valence-corrected chi connectivity index (χ4v) is 1.19. The minimum absolute atomic E-state index is 0.373. The zero-order chi connectivity index (χ0) is 10.9. The molecule has 0 radical (unpaired) electrons. The molecule has 0 heterocycles. The van der Waals surface area contributed by atoms with E-state index >= 15 is 0 Å². The molecule has 0 fully saturated rings. The summed E-state index contributed by atoms with van der Waals surface area (Å²) in [4.78, 5) is 9.94. The van der Waals surface area contributed by atoms with E-state index in [0.717, 1.165) is 18.6 Å². The smallest absolute Gasteiger partial charge is 0.295 e. The molecule has 1 rings (SSSR count). The highest BCUT2D eigenvalue weighted by Crippen LogP contribution is 2.10. The summed E-state index contributed by atoms with van der Waals surface area (Å²) in [5, 5.41) is 0. The Labute approximate surface area is 89.5 Å².